The van der Waals surface area contributed by atoms with Crippen molar-refractivity contribution in [3.63, 3.8) is 0 Å². The minimum absolute atomic E-state index is 0.213. The Kier molecular flexibility index (Phi) is 2.44. The number of halogens is 1. The molecule has 0 bridgehead atoms. The smallest absolute Gasteiger partial charge is 0.348 e. The van der Waals surface area contributed by atoms with E-state index in [9.17, 15) is 4.79 Å². The highest BCUT2D eigenvalue weighted by atomic mass is 35.5. The summed E-state index contributed by atoms with van der Waals surface area (Å²) in [6.07, 6.45) is 0. The van der Waals surface area contributed by atoms with Gasteiger partial charge in [0, 0.05) is 6.07 Å². The molecule has 64 valence electrons. The fourth-order valence-corrected chi connectivity index (χ4v) is 0.856. The first-order valence-electron chi connectivity index (χ1n) is 3.13. The normalized spacial score (nSPS) is 9.75. The number of carbonyl (C=O) groups is 1. The number of rotatable bonds is 2. The number of aliphatic carboxylic acids is 1. The van der Waals surface area contributed by atoms with Crippen LogP contribution in [0.5, 0.6) is 0 Å². The zero-order chi connectivity index (χ0) is 9.14. The van der Waals surface area contributed by atoms with Gasteiger partial charge in [0.25, 0.3) is 5.82 Å². The van der Waals surface area contributed by atoms with Crippen molar-refractivity contribution in [1.82, 2.24) is 5.10 Å². The molecule has 1 heterocycles. The average molecular weight is 189 g/mol. The van der Waals surface area contributed by atoms with Gasteiger partial charge in [0.05, 0.1) is 0 Å². The molecule has 0 radical (unpaired) electrons. The van der Waals surface area contributed by atoms with Crippen molar-refractivity contribution >= 4 is 23.4 Å². The van der Waals surface area contributed by atoms with Crippen molar-refractivity contribution in [2.75, 3.05) is 5.73 Å². The third kappa shape index (κ3) is 2.06. The molecule has 0 aromatic carbocycles. The maximum absolute atomic E-state index is 10.3. The molecule has 0 atom stereocenters. The third-order valence-corrected chi connectivity index (χ3v) is 1.39. The lowest BCUT2D eigenvalue weighted by Gasteiger charge is -1.96. The third-order valence-electron chi connectivity index (χ3n) is 1.19. The van der Waals surface area contributed by atoms with Gasteiger partial charge in [0.1, 0.15) is 0 Å². The summed E-state index contributed by atoms with van der Waals surface area (Å²) in [5, 5.41) is 12.3. The standard InChI is InChI=1S/C6H6ClN3O2/c7-4-1-2-5(8)10(9-4)3-6(11)12/h1-2,8H,3H2,(H,11,12)/p+1. The molecule has 0 aliphatic heterocycles. The molecule has 0 spiro atoms. The summed E-state index contributed by atoms with van der Waals surface area (Å²) in [6.45, 7) is -0.285. The Morgan fingerprint density at radius 3 is 3.00 bits per heavy atom. The number of hydrogen-bond acceptors (Lipinski definition) is 3. The van der Waals surface area contributed by atoms with Crippen LogP contribution in [0.2, 0.25) is 5.15 Å². The summed E-state index contributed by atoms with van der Waals surface area (Å²) < 4.78 is 1.12. The first-order valence-corrected chi connectivity index (χ1v) is 3.51. The van der Waals surface area contributed by atoms with E-state index in [1.54, 1.807) is 0 Å². The van der Waals surface area contributed by atoms with Crippen LogP contribution >= 0.6 is 11.6 Å². The van der Waals surface area contributed by atoms with Crippen LogP contribution in [0.1, 0.15) is 0 Å². The molecule has 0 saturated heterocycles. The average Bonchev–Trinajstić information content (AvgIpc) is 1.96. The molecule has 1 aromatic rings. The predicted octanol–water partition coefficient (Wildman–Crippen LogP) is -0.311. The van der Waals surface area contributed by atoms with E-state index in [-0.39, 0.29) is 17.5 Å². The van der Waals surface area contributed by atoms with Gasteiger partial charge in [-0.25, -0.2) is 4.79 Å². The number of aromatic nitrogens is 2. The van der Waals surface area contributed by atoms with Crippen LogP contribution in [0.15, 0.2) is 12.1 Å². The summed E-state index contributed by atoms with van der Waals surface area (Å²) in [5.74, 6) is -0.747. The fourth-order valence-electron chi connectivity index (χ4n) is 0.701. The minimum atomic E-state index is -1.01. The maximum atomic E-state index is 10.3. The SMILES string of the molecule is Nc1ccc(Cl)n[n+]1CC(=O)O. The van der Waals surface area contributed by atoms with Crippen LogP contribution in [-0.4, -0.2) is 16.2 Å². The number of hydrogen-bond donors (Lipinski definition) is 2. The topological polar surface area (TPSA) is 80.1 Å². The highest BCUT2D eigenvalue weighted by molar-refractivity contribution is 6.29. The van der Waals surface area contributed by atoms with Crippen LogP contribution in [0.4, 0.5) is 5.82 Å². The Balaban J connectivity index is 2.97. The lowest BCUT2D eigenvalue weighted by atomic mass is 10.5. The van der Waals surface area contributed by atoms with Crippen LogP contribution in [0.3, 0.4) is 0 Å². The van der Waals surface area contributed by atoms with Gasteiger partial charge in [-0.1, -0.05) is 16.7 Å². The highest BCUT2D eigenvalue weighted by Crippen LogP contribution is 2.01. The zero-order valence-corrected chi connectivity index (χ0v) is 6.82. The van der Waals surface area contributed by atoms with Crippen LogP contribution in [0, 0.1) is 0 Å². The minimum Gasteiger partial charge on any atom is -0.478 e. The molecule has 12 heavy (non-hydrogen) atoms. The van der Waals surface area contributed by atoms with E-state index >= 15 is 0 Å². The number of anilines is 1. The Bertz CT molecular complexity index is 316. The molecule has 1 aromatic heterocycles. The predicted molar refractivity (Wildman–Crippen MR) is 41.5 cm³/mol. The van der Waals surface area contributed by atoms with Gasteiger partial charge >= 0.3 is 5.97 Å². The first kappa shape index (κ1) is 8.73. The van der Waals surface area contributed by atoms with Gasteiger partial charge in [-0.3, -0.25) is 5.73 Å². The Morgan fingerprint density at radius 1 is 1.75 bits per heavy atom. The van der Waals surface area contributed by atoms with Crippen molar-refractivity contribution in [3.05, 3.63) is 17.3 Å². The Hall–Kier alpha value is -1.36. The summed E-state index contributed by atoms with van der Waals surface area (Å²) >= 11 is 5.52. The lowest BCUT2D eigenvalue weighted by molar-refractivity contribution is -0.729. The number of nitrogen functional groups attached to an aromatic ring is 1. The van der Waals surface area contributed by atoms with E-state index in [0.717, 1.165) is 4.68 Å². The molecular weight excluding hydrogens is 182 g/mol. The zero-order valence-electron chi connectivity index (χ0n) is 6.07. The molecule has 0 aliphatic rings. The van der Waals surface area contributed by atoms with Gasteiger partial charge in [-0.2, -0.15) is 0 Å². The van der Waals surface area contributed by atoms with Gasteiger partial charge in [-0.15, -0.1) is 4.68 Å². The van der Waals surface area contributed by atoms with Gasteiger partial charge in [0.15, 0.2) is 5.15 Å². The number of nitrogens with zero attached hydrogens (tertiary/aromatic N) is 2. The first-order chi connectivity index (χ1) is 5.59. The molecule has 0 fully saturated rings. The number of nitrogens with two attached hydrogens (primary N) is 1. The quantitative estimate of drug-likeness (QED) is 0.624. The molecular formula is C6H7ClN3O2+. The van der Waals surface area contributed by atoms with E-state index in [0.29, 0.717) is 0 Å². The van der Waals surface area contributed by atoms with Crippen molar-refractivity contribution in [1.29, 1.82) is 0 Å². The largest absolute Gasteiger partial charge is 0.478 e. The fraction of sp³-hybridized carbons (Fsp3) is 0.167. The maximum Gasteiger partial charge on any atom is 0.348 e. The van der Waals surface area contributed by atoms with Crippen LogP contribution < -0.4 is 10.4 Å². The van der Waals surface area contributed by atoms with Crippen LogP contribution in [-0.2, 0) is 11.3 Å². The molecule has 1 rings (SSSR count). The molecule has 0 saturated carbocycles. The van der Waals surface area contributed by atoms with E-state index < -0.39 is 5.97 Å². The van der Waals surface area contributed by atoms with Gasteiger partial charge in [0.2, 0.25) is 6.54 Å². The summed E-state index contributed by atoms with van der Waals surface area (Å²) in [6, 6.07) is 2.99. The van der Waals surface area contributed by atoms with Gasteiger partial charge in [-0.05, 0) is 6.07 Å². The van der Waals surface area contributed by atoms with E-state index in [1.807, 2.05) is 0 Å². The Labute approximate surface area is 73.4 Å². The van der Waals surface area contributed by atoms with E-state index in [4.69, 9.17) is 22.4 Å². The molecule has 0 aliphatic carbocycles. The molecule has 3 N–H and O–H groups in total. The molecule has 6 heteroatoms. The van der Waals surface area contributed by atoms with Crippen molar-refractivity contribution in [2.24, 2.45) is 0 Å². The van der Waals surface area contributed by atoms with Crippen LogP contribution in [0.25, 0.3) is 0 Å². The highest BCUT2D eigenvalue weighted by Gasteiger charge is 2.10. The van der Waals surface area contributed by atoms with Gasteiger partial charge < -0.3 is 5.11 Å². The Morgan fingerprint density at radius 2 is 2.42 bits per heavy atom. The second kappa shape index (κ2) is 3.36. The lowest BCUT2D eigenvalue weighted by Crippen LogP contribution is -2.44. The molecule has 0 amide bonds. The van der Waals surface area contributed by atoms with E-state index in [1.165, 1.54) is 12.1 Å². The number of carboxylic acid groups (broad SMARTS) is 1. The second-order valence-electron chi connectivity index (χ2n) is 2.13. The molecule has 5 nitrogen and oxygen atoms in total. The second-order valence-corrected chi connectivity index (χ2v) is 2.52. The summed E-state index contributed by atoms with van der Waals surface area (Å²) in [5.41, 5.74) is 5.42. The van der Waals surface area contributed by atoms with Crippen molar-refractivity contribution in [3.8, 4) is 0 Å². The monoisotopic (exact) mass is 188 g/mol. The van der Waals surface area contributed by atoms with Crippen molar-refractivity contribution < 1.29 is 14.6 Å². The van der Waals surface area contributed by atoms with Crippen molar-refractivity contribution in [2.45, 2.75) is 6.54 Å². The summed E-state index contributed by atoms with van der Waals surface area (Å²) in [7, 11) is 0. The van der Waals surface area contributed by atoms with E-state index in [2.05, 4.69) is 5.10 Å². The molecule has 0 unspecified atom stereocenters. The summed E-state index contributed by atoms with van der Waals surface area (Å²) in [4.78, 5) is 10.3. The number of carboxylic acids is 1.